The van der Waals surface area contributed by atoms with Crippen molar-refractivity contribution in [1.82, 2.24) is 23.9 Å². The molecule has 2 bridgehead atoms. The Hall–Kier alpha value is -3.55. The summed E-state index contributed by atoms with van der Waals surface area (Å²) in [6.45, 7) is 13.6. The molecule has 8 rings (SSSR count). The van der Waals surface area contributed by atoms with Crippen LogP contribution >= 0.6 is 11.7 Å². The molecule has 1 amide bonds. The number of H-pyrrole nitrogens is 1. The van der Waals surface area contributed by atoms with Gasteiger partial charge < -0.3 is 15.2 Å². The number of benzene rings is 3. The Balaban J connectivity index is 1.18. The number of carbonyl (C=O) groups is 1. The highest BCUT2D eigenvalue weighted by atomic mass is 32.1. The highest BCUT2D eigenvalue weighted by Gasteiger charge is 2.42. The second-order valence-electron chi connectivity index (χ2n) is 14.2. The van der Waals surface area contributed by atoms with Crippen LogP contribution in [0.1, 0.15) is 80.2 Å². The van der Waals surface area contributed by atoms with Crippen molar-refractivity contribution >= 4 is 39.6 Å². The number of nitrogens with zero attached hydrogens (tertiary/aromatic N) is 3. The molecule has 2 saturated heterocycles. The molecule has 1 aliphatic carbocycles. The van der Waals surface area contributed by atoms with Crippen LogP contribution in [0.3, 0.4) is 0 Å². The molecule has 234 valence electrons. The van der Waals surface area contributed by atoms with Gasteiger partial charge in [0.2, 0.25) is 5.91 Å². The van der Waals surface area contributed by atoms with Gasteiger partial charge in [-0.1, -0.05) is 36.2 Å². The van der Waals surface area contributed by atoms with E-state index in [0.29, 0.717) is 12.0 Å². The lowest BCUT2D eigenvalue weighted by molar-refractivity contribution is -0.144. The Labute approximate surface area is 271 Å². The van der Waals surface area contributed by atoms with Gasteiger partial charge in [0.15, 0.2) is 0 Å². The van der Waals surface area contributed by atoms with Gasteiger partial charge in [0.25, 0.3) is 0 Å². The van der Waals surface area contributed by atoms with E-state index in [1.807, 2.05) is 0 Å². The van der Waals surface area contributed by atoms with Gasteiger partial charge >= 0.3 is 0 Å². The van der Waals surface area contributed by atoms with Gasteiger partial charge in [-0.2, -0.15) is 8.75 Å². The fraction of sp³-hybridized carbons (Fsp3) is 0.447. The van der Waals surface area contributed by atoms with Gasteiger partial charge in [0, 0.05) is 30.0 Å². The van der Waals surface area contributed by atoms with E-state index in [1.54, 1.807) is 0 Å². The first kappa shape index (κ1) is 30.1. The lowest BCUT2D eigenvalue weighted by Crippen LogP contribution is -2.55. The topological polar surface area (TPSA) is 73.9 Å². The van der Waals surface area contributed by atoms with Crippen molar-refractivity contribution in [2.24, 2.45) is 5.92 Å². The Morgan fingerprint density at radius 2 is 1.76 bits per heavy atom. The number of carbonyl (C=O) groups excluding carboxylic acids is 1. The smallest absolute Gasteiger partial charge is 0.232 e. The lowest BCUT2D eigenvalue weighted by Gasteiger charge is -2.47. The third kappa shape index (κ3) is 5.81. The first-order valence-electron chi connectivity index (χ1n) is 16.6. The number of fused-ring (bicyclic) bond motifs is 5. The molecule has 0 unspecified atom stereocenters. The minimum atomic E-state index is -0.588. The van der Waals surface area contributed by atoms with Gasteiger partial charge in [-0.15, -0.1) is 0 Å². The Morgan fingerprint density at radius 1 is 1.00 bits per heavy atom. The minimum Gasteiger partial charge on any atom is -0.354 e. The van der Waals surface area contributed by atoms with Crippen LogP contribution in [0.2, 0.25) is 0 Å². The average Bonchev–Trinajstić information content (AvgIpc) is 3.67. The van der Waals surface area contributed by atoms with Crippen molar-refractivity contribution in [2.45, 2.75) is 84.1 Å². The molecule has 1 saturated carbocycles. The van der Waals surface area contributed by atoms with E-state index in [1.165, 1.54) is 63.5 Å². The molecule has 5 aromatic rings. The van der Waals surface area contributed by atoms with Crippen LogP contribution < -0.4 is 5.32 Å². The number of rotatable bonds is 9. The summed E-state index contributed by atoms with van der Waals surface area (Å²) in [4.78, 5) is 20.1. The van der Waals surface area contributed by atoms with Crippen molar-refractivity contribution in [3.63, 3.8) is 0 Å². The highest BCUT2D eigenvalue weighted by Crippen LogP contribution is 2.41. The Morgan fingerprint density at radius 3 is 2.49 bits per heavy atom. The molecule has 2 N–H and O–H groups in total. The van der Waals surface area contributed by atoms with Crippen LogP contribution in [0.25, 0.3) is 33.2 Å². The number of hydrogen-bond donors (Lipinski definition) is 2. The Kier molecular flexibility index (Phi) is 8.03. The number of hydrogen-bond acceptors (Lipinski definition) is 5. The number of piperidine rings is 2. The van der Waals surface area contributed by atoms with Crippen LogP contribution in [0.5, 0.6) is 0 Å². The van der Waals surface area contributed by atoms with Crippen molar-refractivity contribution in [2.75, 3.05) is 19.6 Å². The fourth-order valence-electron chi connectivity index (χ4n) is 7.89. The van der Waals surface area contributed by atoms with E-state index in [2.05, 4.69) is 113 Å². The van der Waals surface area contributed by atoms with Crippen molar-refractivity contribution in [1.29, 1.82) is 0 Å². The second kappa shape index (κ2) is 12.0. The van der Waals surface area contributed by atoms with E-state index < -0.39 is 5.41 Å². The molecule has 0 radical (unpaired) electrons. The van der Waals surface area contributed by atoms with Gasteiger partial charge in [0.1, 0.15) is 11.0 Å². The summed E-state index contributed by atoms with van der Waals surface area (Å²) < 4.78 is 8.73. The van der Waals surface area contributed by atoms with Gasteiger partial charge in [-0.25, -0.2) is 0 Å². The van der Waals surface area contributed by atoms with Crippen molar-refractivity contribution < 1.29 is 4.79 Å². The monoisotopic (exact) mass is 619 g/mol. The van der Waals surface area contributed by atoms with Crippen LogP contribution in [0, 0.1) is 19.8 Å². The van der Waals surface area contributed by atoms with E-state index in [0.717, 1.165) is 61.0 Å². The molecule has 3 fully saturated rings. The molecule has 6 nitrogen and oxygen atoms in total. The fourth-order valence-corrected chi connectivity index (χ4v) is 8.41. The Bertz CT molecular complexity index is 1840. The number of amides is 1. The van der Waals surface area contributed by atoms with Crippen LogP contribution in [-0.4, -0.2) is 50.2 Å². The maximum Gasteiger partial charge on any atom is 0.232 e. The van der Waals surface area contributed by atoms with Crippen molar-refractivity contribution in [3.8, 4) is 11.3 Å². The summed E-state index contributed by atoms with van der Waals surface area (Å²) in [5.74, 6) is 1.21. The first-order valence-corrected chi connectivity index (χ1v) is 17.4. The highest BCUT2D eigenvalue weighted by molar-refractivity contribution is 7.00. The zero-order valence-electron chi connectivity index (χ0n) is 27.2. The second-order valence-corrected chi connectivity index (χ2v) is 14.8. The summed E-state index contributed by atoms with van der Waals surface area (Å²) in [6.07, 6.45) is 5.82. The van der Waals surface area contributed by atoms with E-state index in [4.69, 9.17) is 0 Å². The normalized spacial score (nSPS) is 19.1. The van der Waals surface area contributed by atoms with Gasteiger partial charge in [-0.05, 0) is 137 Å². The minimum absolute atomic E-state index is 0.256. The van der Waals surface area contributed by atoms with Crippen LogP contribution in [0.15, 0.2) is 54.6 Å². The standard InChI is InChI=1S/C38H45N5OS/c1-23-16-24(2)18-28(17-23)36-35(25(3)21-39-15-14-26-8-12-33-34(19-26)42-45-41-33)31-20-29(9-13-32(31)40-36)38(4,5)37(44)43-22-27-6-10-30(43)11-7-27/h8-9,12-13,16-20,25,27,30,39-40H,6-7,10-11,14-15,21-22H2,1-5H3/t25-,27?,30?/m1/s1. The number of aryl methyl sites for hydroxylation is 2. The molecule has 3 aliphatic rings. The lowest BCUT2D eigenvalue weighted by atomic mass is 9.76. The maximum atomic E-state index is 14.1. The zero-order valence-corrected chi connectivity index (χ0v) is 28.1. The molecule has 3 aromatic carbocycles. The SMILES string of the molecule is Cc1cc(C)cc(-c2[nH]c3ccc(C(C)(C)C(=O)N4CC5CCC4CC5)cc3c2[C@H](C)CNCCc2ccc3nsnc3c2)c1. The average molecular weight is 620 g/mol. The van der Waals surface area contributed by atoms with Gasteiger partial charge in [0.05, 0.1) is 22.8 Å². The molecule has 45 heavy (non-hydrogen) atoms. The van der Waals surface area contributed by atoms with Crippen molar-refractivity contribution in [3.05, 3.63) is 82.4 Å². The molecule has 7 heteroatoms. The zero-order chi connectivity index (χ0) is 31.3. The van der Waals surface area contributed by atoms with Crippen LogP contribution in [0.4, 0.5) is 0 Å². The molecular formula is C38H45N5OS. The first-order chi connectivity index (χ1) is 21.7. The largest absolute Gasteiger partial charge is 0.354 e. The predicted molar refractivity (Wildman–Crippen MR) is 186 cm³/mol. The molecule has 0 spiro atoms. The van der Waals surface area contributed by atoms with E-state index in [9.17, 15) is 4.79 Å². The number of aromatic amines is 1. The summed E-state index contributed by atoms with van der Waals surface area (Å²) in [5.41, 5.74) is 11.1. The number of aromatic nitrogens is 3. The quantitative estimate of drug-likeness (QED) is 0.164. The van der Waals surface area contributed by atoms with E-state index >= 15 is 0 Å². The number of nitrogens with one attached hydrogen (secondary N) is 2. The maximum absolute atomic E-state index is 14.1. The third-order valence-electron chi connectivity index (χ3n) is 10.4. The predicted octanol–water partition coefficient (Wildman–Crippen LogP) is 8.07. The summed E-state index contributed by atoms with van der Waals surface area (Å²) >= 11 is 1.27. The summed E-state index contributed by atoms with van der Waals surface area (Å²) in [7, 11) is 0. The molecule has 2 aromatic heterocycles. The molecule has 2 aliphatic heterocycles. The van der Waals surface area contributed by atoms with Crippen LogP contribution in [-0.2, 0) is 16.6 Å². The summed E-state index contributed by atoms with van der Waals surface area (Å²) in [5, 5.41) is 4.96. The third-order valence-corrected chi connectivity index (χ3v) is 11.0. The summed E-state index contributed by atoms with van der Waals surface area (Å²) in [6, 6.07) is 20.3. The molecular weight excluding hydrogens is 575 g/mol. The van der Waals surface area contributed by atoms with E-state index in [-0.39, 0.29) is 11.8 Å². The molecule has 1 atom stereocenters. The van der Waals surface area contributed by atoms with Gasteiger partial charge in [-0.3, -0.25) is 4.79 Å². The molecule has 4 heterocycles.